The molecule has 1 atom stereocenters. The molecule has 1 heterocycles. The smallest absolute Gasteiger partial charge is 0.245 e. The molecule has 0 fully saturated rings. The first-order valence-corrected chi connectivity index (χ1v) is 8.45. The molecule has 4 nitrogen and oxygen atoms in total. The van der Waals surface area contributed by atoms with Crippen molar-refractivity contribution < 1.29 is 4.79 Å². The third-order valence-electron chi connectivity index (χ3n) is 4.35. The van der Waals surface area contributed by atoms with E-state index in [1.165, 1.54) is 12.8 Å². The number of nitrogens with zero attached hydrogens (tertiary/aromatic N) is 1. The molecule has 1 aliphatic rings. The molecule has 0 radical (unpaired) electrons. The number of benzene rings is 1. The van der Waals surface area contributed by atoms with E-state index in [0.29, 0.717) is 5.92 Å². The number of hydrogen-bond acceptors (Lipinski definition) is 3. The molecular weight excluding hydrogens is 330 g/mol. The number of hydrogen-bond donors (Lipinski definition) is 2. The Hall–Kier alpha value is -1.07. The van der Waals surface area contributed by atoms with Crippen molar-refractivity contribution in [2.45, 2.75) is 39.7 Å². The number of amides is 1. The zero-order chi connectivity index (χ0) is 15.6. The Balaban J connectivity index is 2.31. The van der Waals surface area contributed by atoms with Crippen molar-refractivity contribution in [3.8, 4) is 0 Å². The van der Waals surface area contributed by atoms with Crippen LogP contribution in [0.1, 0.15) is 45.2 Å². The van der Waals surface area contributed by atoms with Gasteiger partial charge < -0.3 is 16.0 Å². The second kappa shape index (κ2) is 6.79. The summed E-state index contributed by atoms with van der Waals surface area (Å²) in [5.74, 6) is 0.555. The number of carbonyl (C=O) groups excluding carboxylic acids is 1. The summed E-state index contributed by atoms with van der Waals surface area (Å²) in [5, 5.41) is 2.86. The highest BCUT2D eigenvalue weighted by Gasteiger charge is 2.29. The van der Waals surface area contributed by atoms with Gasteiger partial charge in [-0.3, -0.25) is 4.79 Å². The van der Waals surface area contributed by atoms with Crippen LogP contribution in [0.15, 0.2) is 16.6 Å². The average molecular weight is 354 g/mol. The number of nitrogens with two attached hydrogens (primary N) is 1. The van der Waals surface area contributed by atoms with E-state index in [1.807, 2.05) is 12.1 Å². The predicted molar refractivity (Wildman–Crippen MR) is 91.7 cm³/mol. The lowest BCUT2D eigenvalue weighted by molar-refractivity contribution is -0.116. The molecule has 3 N–H and O–H groups in total. The molecule has 0 saturated carbocycles. The lowest BCUT2D eigenvalue weighted by Crippen LogP contribution is -2.29. The molecule has 1 aliphatic heterocycles. The van der Waals surface area contributed by atoms with Gasteiger partial charge in [-0.2, -0.15) is 0 Å². The summed E-state index contributed by atoms with van der Waals surface area (Å²) in [5.41, 5.74) is 8.73. The van der Waals surface area contributed by atoms with Crippen LogP contribution < -0.4 is 16.0 Å². The van der Waals surface area contributed by atoms with E-state index in [9.17, 15) is 4.79 Å². The van der Waals surface area contributed by atoms with Gasteiger partial charge in [0.1, 0.15) is 6.04 Å². The molecule has 1 aromatic carbocycles. The fraction of sp³-hybridized carbons (Fsp3) is 0.562. The van der Waals surface area contributed by atoms with Gasteiger partial charge in [0.2, 0.25) is 5.91 Å². The minimum Gasteiger partial charge on any atom is -0.371 e. The van der Waals surface area contributed by atoms with E-state index >= 15 is 0 Å². The van der Waals surface area contributed by atoms with Gasteiger partial charge in [-0.15, -0.1) is 0 Å². The summed E-state index contributed by atoms with van der Waals surface area (Å²) < 4.78 is 1.00. The largest absolute Gasteiger partial charge is 0.371 e. The van der Waals surface area contributed by atoms with E-state index < -0.39 is 6.04 Å². The Morgan fingerprint density at radius 1 is 1.33 bits per heavy atom. The van der Waals surface area contributed by atoms with Gasteiger partial charge in [0.05, 0.1) is 5.69 Å². The van der Waals surface area contributed by atoms with Crippen molar-refractivity contribution in [3.05, 3.63) is 22.2 Å². The third kappa shape index (κ3) is 3.24. The Bertz CT molecular complexity index is 528. The van der Waals surface area contributed by atoms with Gasteiger partial charge in [-0.05, 0) is 40.9 Å². The Morgan fingerprint density at radius 2 is 2.00 bits per heavy atom. The van der Waals surface area contributed by atoms with Crippen molar-refractivity contribution in [1.82, 2.24) is 0 Å². The number of fused-ring (bicyclic) bond motifs is 1. The highest BCUT2D eigenvalue weighted by atomic mass is 79.9. The van der Waals surface area contributed by atoms with Crippen molar-refractivity contribution in [3.63, 3.8) is 0 Å². The van der Waals surface area contributed by atoms with E-state index in [-0.39, 0.29) is 5.91 Å². The lowest BCUT2D eigenvalue weighted by Gasteiger charge is -2.29. The quantitative estimate of drug-likeness (QED) is 0.820. The van der Waals surface area contributed by atoms with Gasteiger partial charge in [0, 0.05) is 28.8 Å². The van der Waals surface area contributed by atoms with Crippen LogP contribution in [0.3, 0.4) is 0 Å². The zero-order valence-electron chi connectivity index (χ0n) is 12.9. The van der Waals surface area contributed by atoms with Crippen LogP contribution in [0.5, 0.6) is 0 Å². The first kappa shape index (κ1) is 16.3. The third-order valence-corrected chi connectivity index (χ3v) is 4.99. The number of nitrogens with one attached hydrogen (secondary N) is 1. The summed E-state index contributed by atoms with van der Waals surface area (Å²) in [7, 11) is 0. The normalized spacial score (nSPS) is 17.0. The molecule has 0 spiro atoms. The maximum Gasteiger partial charge on any atom is 0.245 e. The SMILES string of the molecule is CCC(CC)CN(CC)c1cc2c(cc1Br)C(N)C(=O)N2. The Kier molecular flexibility index (Phi) is 5.27. The van der Waals surface area contributed by atoms with E-state index in [0.717, 1.165) is 34.5 Å². The van der Waals surface area contributed by atoms with Crippen molar-refractivity contribution in [1.29, 1.82) is 0 Å². The second-order valence-electron chi connectivity index (χ2n) is 5.58. The van der Waals surface area contributed by atoms with E-state index in [2.05, 4.69) is 46.9 Å². The monoisotopic (exact) mass is 353 g/mol. The number of carbonyl (C=O) groups is 1. The number of halogens is 1. The van der Waals surface area contributed by atoms with Crippen molar-refractivity contribution >= 4 is 33.2 Å². The number of anilines is 2. The Labute approximate surface area is 135 Å². The molecular formula is C16H24BrN3O. The van der Waals surface area contributed by atoms with Crippen LogP contribution in [0.25, 0.3) is 0 Å². The van der Waals surface area contributed by atoms with Crippen LogP contribution in [-0.4, -0.2) is 19.0 Å². The lowest BCUT2D eigenvalue weighted by atomic mass is 10.0. The first-order chi connectivity index (χ1) is 10.0. The molecule has 0 aromatic heterocycles. The van der Waals surface area contributed by atoms with Crippen LogP contribution in [0.2, 0.25) is 0 Å². The van der Waals surface area contributed by atoms with Crippen LogP contribution in [0, 0.1) is 5.92 Å². The fourth-order valence-corrected chi connectivity index (χ4v) is 3.41. The summed E-state index contributed by atoms with van der Waals surface area (Å²) in [6, 6.07) is 3.46. The van der Waals surface area contributed by atoms with Gasteiger partial charge in [0.25, 0.3) is 0 Å². The molecule has 1 aromatic rings. The summed E-state index contributed by atoms with van der Waals surface area (Å²) >= 11 is 3.64. The molecule has 0 bridgehead atoms. The molecule has 116 valence electrons. The highest BCUT2D eigenvalue weighted by molar-refractivity contribution is 9.10. The molecule has 0 aliphatic carbocycles. The van der Waals surface area contributed by atoms with Gasteiger partial charge in [0.15, 0.2) is 0 Å². The molecule has 5 heteroatoms. The van der Waals surface area contributed by atoms with Crippen molar-refractivity contribution in [2.24, 2.45) is 11.7 Å². The fourth-order valence-electron chi connectivity index (χ4n) is 2.79. The van der Waals surface area contributed by atoms with Gasteiger partial charge in [-0.1, -0.05) is 26.7 Å². The second-order valence-corrected chi connectivity index (χ2v) is 6.43. The van der Waals surface area contributed by atoms with Gasteiger partial charge in [-0.25, -0.2) is 0 Å². The summed E-state index contributed by atoms with van der Waals surface area (Å²) in [4.78, 5) is 14.1. The maximum absolute atomic E-state index is 11.7. The predicted octanol–water partition coefficient (Wildman–Crippen LogP) is 3.66. The number of rotatable bonds is 6. The molecule has 21 heavy (non-hydrogen) atoms. The Morgan fingerprint density at radius 3 is 2.57 bits per heavy atom. The summed E-state index contributed by atoms with van der Waals surface area (Å²) in [6.45, 7) is 8.60. The van der Waals surface area contributed by atoms with Gasteiger partial charge >= 0.3 is 0 Å². The summed E-state index contributed by atoms with van der Waals surface area (Å²) in [6.07, 6.45) is 2.36. The molecule has 1 unspecified atom stereocenters. The molecule has 2 rings (SSSR count). The highest BCUT2D eigenvalue weighted by Crippen LogP contribution is 2.38. The minimum absolute atomic E-state index is 0.128. The van der Waals surface area contributed by atoms with Crippen molar-refractivity contribution in [2.75, 3.05) is 23.3 Å². The molecule has 1 amide bonds. The van der Waals surface area contributed by atoms with E-state index in [4.69, 9.17) is 5.73 Å². The van der Waals surface area contributed by atoms with Crippen LogP contribution >= 0.6 is 15.9 Å². The van der Waals surface area contributed by atoms with Crippen LogP contribution in [-0.2, 0) is 4.79 Å². The van der Waals surface area contributed by atoms with Crippen LogP contribution in [0.4, 0.5) is 11.4 Å². The minimum atomic E-state index is -0.556. The maximum atomic E-state index is 11.7. The standard InChI is InChI=1S/C16H24BrN3O/c1-4-10(5-2)9-20(6-3)14-8-13-11(7-12(14)17)15(18)16(21)19-13/h7-8,10,15H,4-6,9,18H2,1-3H3,(H,19,21). The first-order valence-electron chi connectivity index (χ1n) is 7.66. The zero-order valence-corrected chi connectivity index (χ0v) is 14.5. The topological polar surface area (TPSA) is 58.4 Å². The van der Waals surface area contributed by atoms with E-state index in [1.54, 1.807) is 0 Å². The molecule has 0 saturated heterocycles. The average Bonchev–Trinajstić information content (AvgIpc) is 2.75.